The molecule has 1 aromatic carbocycles. The van der Waals surface area contributed by atoms with Gasteiger partial charge in [0.15, 0.2) is 0 Å². The van der Waals surface area contributed by atoms with E-state index < -0.39 is 0 Å². The van der Waals surface area contributed by atoms with Crippen LogP contribution in [0.4, 0.5) is 5.69 Å². The fourth-order valence-corrected chi connectivity index (χ4v) is 2.73. The van der Waals surface area contributed by atoms with Crippen LogP contribution in [0.3, 0.4) is 0 Å². The molecule has 0 amide bonds. The fraction of sp³-hybridized carbons (Fsp3) is 0.571. The molecule has 18 heavy (non-hydrogen) atoms. The van der Waals surface area contributed by atoms with E-state index in [-0.39, 0.29) is 6.10 Å². The van der Waals surface area contributed by atoms with Crippen molar-refractivity contribution in [2.75, 3.05) is 25.1 Å². The van der Waals surface area contributed by atoms with Crippen molar-refractivity contribution in [1.82, 2.24) is 0 Å². The summed E-state index contributed by atoms with van der Waals surface area (Å²) in [5.74, 6) is 0.603. The molecule has 1 fully saturated rings. The number of rotatable bonds is 3. The first-order valence-electron chi connectivity index (χ1n) is 6.42. The predicted molar refractivity (Wildman–Crippen MR) is 76.1 cm³/mol. The number of nitrogens with two attached hydrogens (primary N) is 1. The van der Waals surface area contributed by atoms with Gasteiger partial charge >= 0.3 is 0 Å². The zero-order valence-corrected chi connectivity index (χ0v) is 11.8. The second-order valence-electron chi connectivity index (χ2n) is 4.96. The Morgan fingerprint density at radius 1 is 1.50 bits per heavy atom. The van der Waals surface area contributed by atoms with Crippen molar-refractivity contribution in [3.8, 4) is 0 Å². The van der Waals surface area contributed by atoms with Gasteiger partial charge in [-0.1, -0.05) is 24.6 Å². The zero-order chi connectivity index (χ0) is 13.1. The molecule has 4 heteroatoms. The van der Waals surface area contributed by atoms with Gasteiger partial charge in [0.25, 0.3) is 0 Å². The van der Waals surface area contributed by atoms with Crippen molar-refractivity contribution in [3.05, 3.63) is 28.8 Å². The van der Waals surface area contributed by atoms with Crippen molar-refractivity contribution in [2.45, 2.75) is 26.0 Å². The van der Waals surface area contributed by atoms with Crippen molar-refractivity contribution in [3.63, 3.8) is 0 Å². The van der Waals surface area contributed by atoms with Crippen LogP contribution in [0, 0.1) is 5.92 Å². The number of hydrogen-bond acceptors (Lipinski definition) is 3. The zero-order valence-electron chi connectivity index (χ0n) is 11.0. The van der Waals surface area contributed by atoms with Gasteiger partial charge in [-0.3, -0.25) is 0 Å². The molecule has 1 aliphatic heterocycles. The van der Waals surface area contributed by atoms with Crippen LogP contribution in [0.25, 0.3) is 0 Å². The van der Waals surface area contributed by atoms with Gasteiger partial charge in [0, 0.05) is 37.5 Å². The summed E-state index contributed by atoms with van der Waals surface area (Å²) < 4.78 is 5.55. The predicted octanol–water partition coefficient (Wildman–Crippen LogP) is 2.66. The van der Waals surface area contributed by atoms with Crippen LogP contribution in [0.1, 0.15) is 18.9 Å². The third kappa shape index (κ3) is 2.79. The average molecular weight is 269 g/mol. The van der Waals surface area contributed by atoms with E-state index in [0.29, 0.717) is 12.5 Å². The molecule has 0 bridgehead atoms. The Morgan fingerprint density at radius 3 is 2.94 bits per heavy atom. The van der Waals surface area contributed by atoms with E-state index in [1.807, 2.05) is 18.2 Å². The van der Waals surface area contributed by atoms with Gasteiger partial charge < -0.3 is 15.4 Å². The largest absolute Gasteiger partial charge is 0.379 e. The smallest absolute Gasteiger partial charge is 0.0772 e. The number of methoxy groups -OCH3 is 1. The molecule has 0 aliphatic carbocycles. The Hall–Kier alpha value is -0.770. The van der Waals surface area contributed by atoms with Crippen molar-refractivity contribution < 1.29 is 4.74 Å². The highest BCUT2D eigenvalue weighted by atomic mass is 35.5. The number of halogens is 1. The molecule has 2 N–H and O–H groups in total. The van der Waals surface area contributed by atoms with E-state index in [1.165, 1.54) is 0 Å². The molecule has 0 aromatic heterocycles. The standard InChI is InChI=1S/C14H21ClN2O/c1-10-5-6-17(9-14(10)18-2)13-7-12(15)4-3-11(13)8-16/h3-4,7,10,14H,5-6,8-9,16H2,1-2H3. The molecule has 1 saturated heterocycles. The minimum absolute atomic E-state index is 0.281. The number of anilines is 1. The van der Waals surface area contributed by atoms with E-state index in [4.69, 9.17) is 22.1 Å². The molecule has 2 unspecified atom stereocenters. The first-order chi connectivity index (χ1) is 8.65. The number of benzene rings is 1. The summed E-state index contributed by atoms with van der Waals surface area (Å²) >= 11 is 6.09. The molecular weight excluding hydrogens is 248 g/mol. The highest BCUT2D eigenvalue weighted by molar-refractivity contribution is 6.30. The van der Waals surface area contributed by atoms with Gasteiger partial charge in [0.2, 0.25) is 0 Å². The minimum atomic E-state index is 0.281. The van der Waals surface area contributed by atoms with E-state index >= 15 is 0 Å². The maximum absolute atomic E-state index is 6.09. The lowest BCUT2D eigenvalue weighted by molar-refractivity contribution is 0.0498. The lowest BCUT2D eigenvalue weighted by Gasteiger charge is -2.38. The molecule has 0 spiro atoms. The summed E-state index contributed by atoms with van der Waals surface area (Å²) in [6.45, 7) is 4.73. The molecule has 2 atom stereocenters. The van der Waals surface area contributed by atoms with E-state index in [1.54, 1.807) is 7.11 Å². The first kappa shape index (κ1) is 13.7. The second-order valence-corrected chi connectivity index (χ2v) is 5.40. The SMILES string of the molecule is COC1CN(c2cc(Cl)ccc2CN)CCC1C. The maximum atomic E-state index is 6.09. The number of hydrogen-bond donors (Lipinski definition) is 1. The first-order valence-corrected chi connectivity index (χ1v) is 6.79. The molecule has 1 aliphatic rings. The van der Waals surface area contributed by atoms with Gasteiger partial charge in [0.1, 0.15) is 0 Å². The minimum Gasteiger partial charge on any atom is -0.379 e. The van der Waals surface area contributed by atoms with Gasteiger partial charge in [-0.25, -0.2) is 0 Å². The van der Waals surface area contributed by atoms with Crippen LogP contribution in [0.2, 0.25) is 5.02 Å². The molecule has 0 radical (unpaired) electrons. The molecular formula is C14H21ClN2O. The van der Waals surface area contributed by atoms with Gasteiger partial charge in [0.05, 0.1) is 6.10 Å². The van der Waals surface area contributed by atoms with Crippen molar-refractivity contribution in [2.24, 2.45) is 11.7 Å². The Kier molecular flexibility index (Phi) is 4.49. The summed E-state index contributed by atoms with van der Waals surface area (Å²) in [7, 11) is 1.78. The Bertz CT molecular complexity index is 411. The Labute approximate surface area is 114 Å². The van der Waals surface area contributed by atoms with Crippen molar-refractivity contribution in [1.29, 1.82) is 0 Å². The normalized spacial score (nSPS) is 24.3. The molecule has 0 saturated carbocycles. The molecule has 3 nitrogen and oxygen atoms in total. The van der Waals surface area contributed by atoms with E-state index in [9.17, 15) is 0 Å². The number of ether oxygens (including phenoxy) is 1. The molecule has 2 rings (SSSR count). The average Bonchev–Trinajstić information content (AvgIpc) is 2.39. The third-order valence-electron chi connectivity index (χ3n) is 3.80. The quantitative estimate of drug-likeness (QED) is 0.916. The summed E-state index contributed by atoms with van der Waals surface area (Å²) in [6, 6.07) is 5.91. The van der Waals surface area contributed by atoms with Crippen LogP contribution in [-0.2, 0) is 11.3 Å². The van der Waals surface area contributed by atoms with Crippen molar-refractivity contribution >= 4 is 17.3 Å². The van der Waals surface area contributed by atoms with Gasteiger partial charge in [-0.15, -0.1) is 0 Å². The molecule has 1 heterocycles. The summed E-state index contributed by atoms with van der Waals surface area (Å²) in [6.07, 6.45) is 1.41. The summed E-state index contributed by atoms with van der Waals surface area (Å²) in [5.41, 5.74) is 8.10. The summed E-state index contributed by atoms with van der Waals surface area (Å²) in [4.78, 5) is 2.34. The maximum Gasteiger partial charge on any atom is 0.0772 e. The highest BCUT2D eigenvalue weighted by Crippen LogP contribution is 2.29. The van der Waals surface area contributed by atoms with Gasteiger partial charge in [-0.2, -0.15) is 0 Å². The summed E-state index contributed by atoms with van der Waals surface area (Å²) in [5, 5.41) is 0.759. The van der Waals surface area contributed by atoms with E-state index in [2.05, 4.69) is 11.8 Å². The van der Waals surface area contributed by atoms with Crippen LogP contribution >= 0.6 is 11.6 Å². The van der Waals surface area contributed by atoms with Crippen LogP contribution < -0.4 is 10.6 Å². The van der Waals surface area contributed by atoms with E-state index in [0.717, 1.165) is 35.8 Å². The lowest BCUT2D eigenvalue weighted by atomic mass is 9.95. The Morgan fingerprint density at radius 2 is 2.28 bits per heavy atom. The Balaban J connectivity index is 2.23. The highest BCUT2D eigenvalue weighted by Gasteiger charge is 2.27. The number of piperidine rings is 1. The second kappa shape index (κ2) is 5.91. The fourth-order valence-electron chi connectivity index (χ4n) is 2.56. The van der Waals surface area contributed by atoms with Crippen LogP contribution in [0.5, 0.6) is 0 Å². The number of nitrogens with zero attached hydrogens (tertiary/aromatic N) is 1. The van der Waals surface area contributed by atoms with Crippen LogP contribution in [-0.4, -0.2) is 26.3 Å². The third-order valence-corrected chi connectivity index (χ3v) is 4.04. The molecule has 1 aromatic rings. The monoisotopic (exact) mass is 268 g/mol. The lowest BCUT2D eigenvalue weighted by Crippen LogP contribution is -2.44. The topological polar surface area (TPSA) is 38.5 Å². The van der Waals surface area contributed by atoms with Gasteiger partial charge in [-0.05, 0) is 30.0 Å². The molecule has 100 valence electrons. The van der Waals surface area contributed by atoms with Crippen LogP contribution in [0.15, 0.2) is 18.2 Å².